The first kappa shape index (κ1) is 14.1. The second-order valence-electron chi connectivity index (χ2n) is 4.69. The average Bonchev–Trinajstić information content (AvgIpc) is 2.36. The number of methoxy groups -OCH3 is 1. The molecule has 1 aromatic heterocycles. The molecule has 5 nitrogen and oxygen atoms in total. The van der Waals surface area contributed by atoms with Gasteiger partial charge in [-0.15, -0.1) is 0 Å². The molecule has 0 aliphatic carbocycles. The van der Waals surface area contributed by atoms with Crippen LogP contribution in [0, 0.1) is 0 Å². The number of rotatable bonds is 2. The molecule has 0 N–H and O–H groups in total. The molecule has 0 unspecified atom stereocenters. The standard InChI is InChI=1S/C13H17ClN2O3/c1-8-6-16(7-9(2)19-8)12-5-10(13(17)18-3)4-11(14)15-12/h4-5,8-9H,6-7H2,1-3H3/t8-,9+. The van der Waals surface area contributed by atoms with Crippen LogP contribution in [-0.2, 0) is 9.47 Å². The van der Waals surface area contributed by atoms with Crippen molar-refractivity contribution in [3.8, 4) is 0 Å². The number of carbonyl (C=O) groups excluding carboxylic acids is 1. The first-order valence-corrected chi connectivity index (χ1v) is 6.53. The summed E-state index contributed by atoms with van der Waals surface area (Å²) < 4.78 is 10.4. The second kappa shape index (κ2) is 5.75. The fourth-order valence-electron chi connectivity index (χ4n) is 2.25. The zero-order valence-electron chi connectivity index (χ0n) is 11.2. The van der Waals surface area contributed by atoms with Crippen molar-refractivity contribution in [3.63, 3.8) is 0 Å². The van der Waals surface area contributed by atoms with Gasteiger partial charge in [-0.2, -0.15) is 0 Å². The molecular formula is C13H17ClN2O3. The van der Waals surface area contributed by atoms with Crippen LogP contribution >= 0.6 is 11.6 Å². The van der Waals surface area contributed by atoms with E-state index < -0.39 is 5.97 Å². The maximum atomic E-state index is 11.6. The third-order valence-electron chi connectivity index (χ3n) is 2.95. The Bertz CT molecular complexity index is 471. The molecule has 6 heteroatoms. The molecule has 2 atom stereocenters. The van der Waals surface area contributed by atoms with Gasteiger partial charge in [-0.25, -0.2) is 9.78 Å². The van der Waals surface area contributed by atoms with Gasteiger partial charge in [0.1, 0.15) is 11.0 Å². The Morgan fingerprint density at radius 2 is 2.05 bits per heavy atom. The van der Waals surface area contributed by atoms with Crippen molar-refractivity contribution >= 4 is 23.4 Å². The molecule has 0 spiro atoms. The lowest BCUT2D eigenvalue weighted by Crippen LogP contribution is -2.45. The SMILES string of the molecule is COC(=O)c1cc(Cl)nc(N2C[C@@H](C)O[C@@H](C)C2)c1. The number of pyridine rings is 1. The molecule has 0 amide bonds. The number of hydrogen-bond acceptors (Lipinski definition) is 5. The number of ether oxygens (including phenoxy) is 2. The van der Waals surface area contributed by atoms with E-state index in [0.717, 1.165) is 13.1 Å². The summed E-state index contributed by atoms with van der Waals surface area (Å²) in [6.45, 7) is 5.46. The van der Waals surface area contributed by atoms with Crippen molar-refractivity contribution in [2.24, 2.45) is 0 Å². The van der Waals surface area contributed by atoms with Crippen LogP contribution in [0.15, 0.2) is 12.1 Å². The first-order chi connectivity index (χ1) is 8.99. The van der Waals surface area contributed by atoms with Gasteiger partial charge in [-0.1, -0.05) is 11.6 Å². The minimum atomic E-state index is -0.417. The maximum absolute atomic E-state index is 11.6. The fraction of sp³-hybridized carbons (Fsp3) is 0.538. The van der Waals surface area contributed by atoms with E-state index in [-0.39, 0.29) is 17.4 Å². The van der Waals surface area contributed by atoms with Gasteiger partial charge < -0.3 is 14.4 Å². The molecule has 0 bridgehead atoms. The topological polar surface area (TPSA) is 51.7 Å². The zero-order chi connectivity index (χ0) is 14.0. The quantitative estimate of drug-likeness (QED) is 0.615. The van der Waals surface area contributed by atoms with E-state index in [0.29, 0.717) is 11.4 Å². The van der Waals surface area contributed by atoms with E-state index in [4.69, 9.17) is 21.1 Å². The van der Waals surface area contributed by atoms with Crippen LogP contribution < -0.4 is 4.90 Å². The highest BCUT2D eigenvalue weighted by Gasteiger charge is 2.24. The Kier molecular flexibility index (Phi) is 4.27. The Labute approximate surface area is 117 Å². The molecular weight excluding hydrogens is 268 g/mol. The Hall–Kier alpha value is -1.33. The average molecular weight is 285 g/mol. The van der Waals surface area contributed by atoms with Gasteiger partial charge in [-0.05, 0) is 26.0 Å². The van der Waals surface area contributed by atoms with Crippen molar-refractivity contribution < 1.29 is 14.3 Å². The summed E-state index contributed by atoms with van der Waals surface area (Å²) in [6, 6.07) is 3.20. The molecule has 1 aliphatic heterocycles. The number of carbonyl (C=O) groups is 1. The summed E-state index contributed by atoms with van der Waals surface area (Å²) in [5, 5.41) is 0.282. The first-order valence-electron chi connectivity index (χ1n) is 6.16. The third kappa shape index (κ3) is 3.36. The van der Waals surface area contributed by atoms with Gasteiger partial charge in [0.15, 0.2) is 0 Å². The van der Waals surface area contributed by atoms with E-state index >= 15 is 0 Å². The molecule has 104 valence electrons. The summed E-state index contributed by atoms with van der Waals surface area (Å²) in [6.07, 6.45) is 0.234. The fourth-order valence-corrected chi connectivity index (χ4v) is 2.45. The minimum Gasteiger partial charge on any atom is -0.465 e. The monoisotopic (exact) mass is 284 g/mol. The maximum Gasteiger partial charge on any atom is 0.338 e. The van der Waals surface area contributed by atoms with Gasteiger partial charge in [0, 0.05) is 13.1 Å². The number of esters is 1. The van der Waals surface area contributed by atoms with Crippen LogP contribution in [0.25, 0.3) is 0 Å². The van der Waals surface area contributed by atoms with E-state index in [2.05, 4.69) is 9.88 Å². The smallest absolute Gasteiger partial charge is 0.338 e. The van der Waals surface area contributed by atoms with Crippen LogP contribution in [0.1, 0.15) is 24.2 Å². The largest absolute Gasteiger partial charge is 0.465 e. The van der Waals surface area contributed by atoms with Crippen molar-refractivity contribution in [1.82, 2.24) is 4.98 Å². The summed E-state index contributed by atoms with van der Waals surface area (Å²) in [7, 11) is 1.34. The Morgan fingerprint density at radius 1 is 1.42 bits per heavy atom. The Morgan fingerprint density at radius 3 is 2.63 bits per heavy atom. The molecule has 2 rings (SSSR count). The highest BCUT2D eigenvalue weighted by molar-refractivity contribution is 6.29. The lowest BCUT2D eigenvalue weighted by molar-refractivity contribution is -0.00545. The molecule has 19 heavy (non-hydrogen) atoms. The van der Waals surface area contributed by atoms with E-state index in [1.165, 1.54) is 13.2 Å². The van der Waals surface area contributed by atoms with E-state index in [9.17, 15) is 4.79 Å². The summed E-state index contributed by atoms with van der Waals surface area (Å²) in [4.78, 5) is 17.9. The van der Waals surface area contributed by atoms with E-state index in [1.807, 2.05) is 13.8 Å². The van der Waals surface area contributed by atoms with Gasteiger partial charge in [0.2, 0.25) is 0 Å². The summed E-state index contributed by atoms with van der Waals surface area (Å²) in [5.41, 5.74) is 0.407. The van der Waals surface area contributed by atoms with E-state index in [1.54, 1.807) is 6.07 Å². The van der Waals surface area contributed by atoms with Crippen LogP contribution in [0.3, 0.4) is 0 Å². The molecule has 0 aromatic carbocycles. The highest BCUT2D eigenvalue weighted by Crippen LogP contribution is 2.22. The van der Waals surface area contributed by atoms with Crippen LogP contribution in [-0.4, -0.2) is 43.4 Å². The van der Waals surface area contributed by atoms with Crippen LogP contribution in [0.5, 0.6) is 0 Å². The number of nitrogens with zero attached hydrogens (tertiary/aromatic N) is 2. The molecule has 0 radical (unpaired) electrons. The van der Waals surface area contributed by atoms with Crippen molar-refractivity contribution in [2.45, 2.75) is 26.1 Å². The lowest BCUT2D eigenvalue weighted by Gasteiger charge is -2.36. The highest BCUT2D eigenvalue weighted by atomic mass is 35.5. The van der Waals surface area contributed by atoms with Crippen molar-refractivity contribution in [2.75, 3.05) is 25.1 Å². The second-order valence-corrected chi connectivity index (χ2v) is 5.08. The van der Waals surface area contributed by atoms with Crippen molar-refractivity contribution in [3.05, 3.63) is 22.8 Å². The van der Waals surface area contributed by atoms with Gasteiger partial charge in [-0.3, -0.25) is 0 Å². The van der Waals surface area contributed by atoms with Gasteiger partial charge in [0.05, 0.1) is 24.9 Å². The lowest BCUT2D eigenvalue weighted by atomic mass is 10.2. The molecule has 1 aromatic rings. The van der Waals surface area contributed by atoms with Crippen molar-refractivity contribution in [1.29, 1.82) is 0 Å². The molecule has 0 saturated carbocycles. The molecule has 1 saturated heterocycles. The summed E-state index contributed by atoms with van der Waals surface area (Å²) in [5.74, 6) is 0.259. The predicted octanol–water partition coefficient (Wildman–Crippen LogP) is 2.14. The number of hydrogen-bond donors (Lipinski definition) is 0. The number of aromatic nitrogens is 1. The number of morpholine rings is 1. The molecule has 2 heterocycles. The zero-order valence-corrected chi connectivity index (χ0v) is 12.0. The Balaban J connectivity index is 2.28. The number of halogens is 1. The number of anilines is 1. The molecule has 1 fully saturated rings. The predicted molar refractivity (Wildman–Crippen MR) is 72.8 cm³/mol. The molecule has 1 aliphatic rings. The normalized spacial score (nSPS) is 23.3. The van der Waals surface area contributed by atoms with Crippen LogP contribution in [0.2, 0.25) is 5.15 Å². The van der Waals surface area contributed by atoms with Gasteiger partial charge in [0.25, 0.3) is 0 Å². The minimum absolute atomic E-state index is 0.117. The van der Waals surface area contributed by atoms with Gasteiger partial charge >= 0.3 is 5.97 Å². The van der Waals surface area contributed by atoms with Crippen LogP contribution in [0.4, 0.5) is 5.82 Å². The third-order valence-corrected chi connectivity index (χ3v) is 3.14. The summed E-state index contributed by atoms with van der Waals surface area (Å²) >= 11 is 5.97.